The van der Waals surface area contributed by atoms with Gasteiger partial charge in [0.15, 0.2) is 6.29 Å². The third kappa shape index (κ3) is 4.86. The van der Waals surface area contributed by atoms with Crippen molar-refractivity contribution in [2.24, 2.45) is 0 Å². The van der Waals surface area contributed by atoms with E-state index in [-0.39, 0.29) is 6.29 Å². The predicted molar refractivity (Wildman–Crippen MR) is 58.5 cm³/mol. The molecule has 0 saturated heterocycles. The van der Waals surface area contributed by atoms with Gasteiger partial charge in [0, 0.05) is 24.2 Å². The van der Waals surface area contributed by atoms with E-state index >= 15 is 0 Å². The zero-order valence-electron chi connectivity index (χ0n) is 5.93. The van der Waals surface area contributed by atoms with Crippen LogP contribution in [-0.2, 0) is 9.47 Å². The van der Waals surface area contributed by atoms with Crippen LogP contribution in [0.25, 0.3) is 0 Å². The summed E-state index contributed by atoms with van der Waals surface area (Å²) < 4.78 is 13.3. The Morgan fingerprint density at radius 1 is 1.50 bits per heavy atom. The molecule has 0 aromatic carbocycles. The second kappa shape index (κ2) is 6.81. The minimum absolute atomic E-state index is 0.0992. The van der Waals surface area contributed by atoms with Gasteiger partial charge in [0.05, 0.1) is 0 Å². The van der Waals surface area contributed by atoms with E-state index in [9.17, 15) is 0 Å². The van der Waals surface area contributed by atoms with Gasteiger partial charge in [-0.05, 0) is 26.7 Å². The van der Waals surface area contributed by atoms with Gasteiger partial charge in [0.25, 0.3) is 0 Å². The fourth-order valence-corrected chi connectivity index (χ4v) is 1.08. The Balaban J connectivity index is 3.63. The second-order valence-corrected chi connectivity index (χ2v) is 3.67. The molecule has 60 valence electrons. The Hall–Kier alpha value is 1.12. The summed E-state index contributed by atoms with van der Waals surface area (Å²) in [6, 6.07) is 0. The zero-order valence-corrected chi connectivity index (χ0v) is 10.2. The highest BCUT2D eigenvalue weighted by molar-refractivity contribution is 14.1. The van der Waals surface area contributed by atoms with Crippen LogP contribution in [0.2, 0.25) is 0 Å². The molecule has 0 heterocycles. The molecule has 0 saturated carbocycles. The first-order valence-corrected chi connectivity index (χ1v) is 5.07. The van der Waals surface area contributed by atoms with E-state index in [2.05, 4.69) is 45.2 Å². The fourth-order valence-electron chi connectivity index (χ4n) is 0.467. The molecule has 0 N–H and O–H groups in total. The van der Waals surface area contributed by atoms with E-state index in [0.29, 0.717) is 0 Å². The topological polar surface area (TPSA) is 18.5 Å². The second-order valence-electron chi connectivity index (χ2n) is 1.66. The molecule has 0 aliphatic carbocycles. The van der Waals surface area contributed by atoms with Crippen LogP contribution in [0.4, 0.5) is 0 Å². The predicted octanol–water partition coefficient (Wildman–Crippen LogP) is 2.71. The van der Waals surface area contributed by atoms with Crippen LogP contribution in [0.3, 0.4) is 0 Å². The monoisotopic (exact) mass is 368 g/mol. The summed E-state index contributed by atoms with van der Waals surface area (Å²) in [6.07, 6.45) is 0.731. The smallest absolute Gasteiger partial charge is 0.161 e. The number of rotatable bonds is 4. The maximum Gasteiger partial charge on any atom is 0.161 e. The number of hydrogen-bond donors (Lipinski definition) is 0. The van der Waals surface area contributed by atoms with Crippen LogP contribution < -0.4 is 0 Å². The van der Waals surface area contributed by atoms with Crippen molar-refractivity contribution in [3.63, 3.8) is 0 Å². The molecular formula is C6H10I2O2. The normalized spacial score (nSPS) is 12.7. The average Bonchev–Trinajstić information content (AvgIpc) is 1.99. The van der Waals surface area contributed by atoms with Gasteiger partial charge in [-0.3, -0.25) is 0 Å². The Bertz CT molecular complexity index is 110. The lowest BCUT2D eigenvalue weighted by molar-refractivity contribution is -0.0988. The van der Waals surface area contributed by atoms with Gasteiger partial charge < -0.3 is 9.47 Å². The number of halogens is 2. The molecule has 0 fully saturated rings. The molecule has 10 heavy (non-hydrogen) atoms. The summed E-state index contributed by atoms with van der Waals surface area (Å²) in [5, 5.41) is 0. The minimum Gasteiger partial charge on any atom is -0.356 e. The number of ether oxygens (including phenoxy) is 2. The van der Waals surface area contributed by atoms with Crippen molar-refractivity contribution in [3.8, 4) is 0 Å². The van der Waals surface area contributed by atoms with E-state index in [4.69, 9.17) is 9.47 Å². The van der Waals surface area contributed by atoms with Gasteiger partial charge in [-0.15, -0.1) is 0 Å². The lowest BCUT2D eigenvalue weighted by atomic mass is 10.4. The van der Waals surface area contributed by atoms with Crippen molar-refractivity contribution in [2.45, 2.75) is 12.7 Å². The van der Waals surface area contributed by atoms with Gasteiger partial charge in [-0.2, -0.15) is 0 Å². The fraction of sp³-hybridized carbons (Fsp3) is 0.667. The first-order valence-electron chi connectivity index (χ1n) is 2.75. The molecule has 0 radical (unpaired) electrons. The maximum absolute atomic E-state index is 5.00. The molecule has 0 bridgehead atoms. The summed E-state index contributed by atoms with van der Waals surface area (Å²) in [5.41, 5.74) is 0. The molecule has 0 aromatic heterocycles. The standard InChI is InChI=1S/C6H10I2O2/c1-9-6(10-2)3-5(8)4-7/h4,6H,3H2,1-2H3/b5-4-. The van der Waals surface area contributed by atoms with Crippen LogP contribution in [0.15, 0.2) is 7.66 Å². The minimum atomic E-state index is -0.0992. The molecule has 0 atom stereocenters. The quantitative estimate of drug-likeness (QED) is 0.562. The van der Waals surface area contributed by atoms with Crippen molar-refractivity contribution in [1.82, 2.24) is 0 Å². The van der Waals surface area contributed by atoms with Gasteiger partial charge in [0.1, 0.15) is 0 Å². The Labute approximate surface area is 88.6 Å². The Morgan fingerprint density at radius 3 is 2.30 bits per heavy atom. The largest absolute Gasteiger partial charge is 0.356 e. The molecular weight excluding hydrogens is 358 g/mol. The molecule has 0 aromatic rings. The third-order valence-electron chi connectivity index (χ3n) is 1.01. The number of hydrogen-bond acceptors (Lipinski definition) is 2. The van der Waals surface area contributed by atoms with Crippen LogP contribution in [0.5, 0.6) is 0 Å². The van der Waals surface area contributed by atoms with E-state index in [1.807, 2.05) is 4.08 Å². The summed E-state index contributed by atoms with van der Waals surface area (Å²) in [5.74, 6) is 0. The Kier molecular flexibility index (Phi) is 7.57. The average molecular weight is 368 g/mol. The van der Waals surface area contributed by atoms with Crippen LogP contribution in [-0.4, -0.2) is 20.5 Å². The highest BCUT2D eigenvalue weighted by Crippen LogP contribution is 2.17. The van der Waals surface area contributed by atoms with E-state index in [1.54, 1.807) is 14.2 Å². The zero-order chi connectivity index (χ0) is 7.98. The number of methoxy groups -OCH3 is 2. The van der Waals surface area contributed by atoms with E-state index < -0.39 is 0 Å². The van der Waals surface area contributed by atoms with Crippen molar-refractivity contribution in [1.29, 1.82) is 0 Å². The van der Waals surface area contributed by atoms with Crippen LogP contribution in [0, 0.1) is 0 Å². The first-order chi connectivity index (χ1) is 4.74. The van der Waals surface area contributed by atoms with Crippen molar-refractivity contribution >= 4 is 45.2 Å². The summed E-state index contributed by atoms with van der Waals surface area (Å²) in [7, 11) is 3.29. The Morgan fingerprint density at radius 2 is 2.00 bits per heavy atom. The lowest BCUT2D eigenvalue weighted by Gasteiger charge is -2.11. The summed E-state index contributed by atoms with van der Waals surface area (Å²) >= 11 is 4.46. The van der Waals surface area contributed by atoms with Gasteiger partial charge in [-0.1, -0.05) is 22.6 Å². The molecule has 0 amide bonds. The molecule has 4 heteroatoms. The lowest BCUT2D eigenvalue weighted by Crippen LogP contribution is -2.12. The van der Waals surface area contributed by atoms with Crippen molar-refractivity contribution in [2.75, 3.05) is 14.2 Å². The summed E-state index contributed by atoms with van der Waals surface area (Å²) in [4.78, 5) is 0. The molecule has 0 aliphatic heterocycles. The SMILES string of the molecule is COC(C/C(I)=C/I)OC. The van der Waals surface area contributed by atoms with Crippen molar-refractivity contribution < 1.29 is 9.47 Å². The molecule has 0 aliphatic rings. The molecule has 0 unspecified atom stereocenters. The van der Waals surface area contributed by atoms with Gasteiger partial charge in [-0.25, -0.2) is 0 Å². The van der Waals surface area contributed by atoms with E-state index in [0.717, 1.165) is 6.42 Å². The maximum atomic E-state index is 5.00. The molecule has 0 spiro atoms. The van der Waals surface area contributed by atoms with Gasteiger partial charge >= 0.3 is 0 Å². The highest BCUT2D eigenvalue weighted by Gasteiger charge is 2.05. The summed E-state index contributed by atoms with van der Waals surface area (Å²) in [6.45, 7) is 0. The van der Waals surface area contributed by atoms with Crippen LogP contribution >= 0.6 is 45.2 Å². The third-order valence-corrected chi connectivity index (χ3v) is 3.70. The van der Waals surface area contributed by atoms with Gasteiger partial charge in [0.2, 0.25) is 0 Å². The molecule has 2 nitrogen and oxygen atoms in total. The first kappa shape index (κ1) is 11.1. The van der Waals surface area contributed by atoms with Crippen molar-refractivity contribution in [3.05, 3.63) is 7.66 Å². The van der Waals surface area contributed by atoms with E-state index in [1.165, 1.54) is 3.58 Å². The molecule has 0 rings (SSSR count). The highest BCUT2D eigenvalue weighted by atomic mass is 127. The van der Waals surface area contributed by atoms with Crippen LogP contribution in [0.1, 0.15) is 6.42 Å².